The van der Waals surface area contributed by atoms with E-state index in [1.807, 2.05) is 0 Å². The Morgan fingerprint density at radius 2 is 2.56 bits per heavy atom. The predicted molar refractivity (Wildman–Crippen MR) is 35.1 cm³/mol. The van der Waals surface area contributed by atoms with Crippen LogP contribution in [-0.4, -0.2) is 14.7 Å². The molecule has 0 atom stereocenters. The molecular weight excluding hydrogens is 186 g/mol. The van der Waals surface area contributed by atoms with Crippen LogP contribution in [0.1, 0.15) is 10.5 Å². The molecule has 1 aromatic rings. The van der Waals surface area contributed by atoms with Crippen LogP contribution in [0.4, 0.5) is 0 Å². The minimum absolute atomic E-state index is 0.256. The number of hydrogen-bond donors (Lipinski definition) is 1. The minimum atomic E-state index is -0.520. The quantitative estimate of drug-likeness (QED) is 0.684. The van der Waals surface area contributed by atoms with Gasteiger partial charge in [0.25, 0.3) is 5.91 Å². The van der Waals surface area contributed by atoms with Crippen LogP contribution in [0.5, 0.6) is 0 Å². The van der Waals surface area contributed by atoms with Crippen molar-refractivity contribution in [2.24, 2.45) is 5.73 Å². The highest BCUT2D eigenvalue weighted by Gasteiger charge is 2.01. The van der Waals surface area contributed by atoms with Gasteiger partial charge in [-0.05, 0) is 6.07 Å². The fraction of sp³-hybridized carbons (Fsp3) is 0. The van der Waals surface area contributed by atoms with E-state index in [4.69, 9.17) is 5.73 Å². The minimum Gasteiger partial charge on any atom is -0.364 e. The number of aromatic nitrogens is 2. The maximum atomic E-state index is 10.3. The van der Waals surface area contributed by atoms with Gasteiger partial charge in [-0.1, -0.05) is 0 Å². The lowest BCUT2D eigenvalue weighted by atomic mass is 10.4. The smallest absolute Gasteiger partial charge is 0.269 e. The van der Waals surface area contributed by atoms with E-state index in [1.165, 1.54) is 9.77 Å². The highest BCUT2D eigenvalue weighted by atomic mass is 79.9. The van der Waals surface area contributed by atoms with Crippen LogP contribution in [0.3, 0.4) is 0 Å². The molecule has 1 amide bonds. The lowest BCUT2D eigenvalue weighted by Crippen LogP contribution is -2.11. The molecule has 0 aliphatic carbocycles. The van der Waals surface area contributed by atoms with E-state index >= 15 is 0 Å². The Balaban J connectivity index is 2.98. The van der Waals surface area contributed by atoms with Crippen LogP contribution in [0, 0.1) is 0 Å². The van der Waals surface area contributed by atoms with Crippen molar-refractivity contribution < 1.29 is 4.79 Å². The van der Waals surface area contributed by atoms with Crippen molar-refractivity contribution >= 4 is 22.1 Å². The monoisotopic (exact) mass is 189 g/mol. The van der Waals surface area contributed by atoms with Crippen LogP contribution in [0.2, 0.25) is 0 Å². The van der Waals surface area contributed by atoms with Crippen molar-refractivity contribution in [1.82, 2.24) is 8.81 Å². The summed E-state index contributed by atoms with van der Waals surface area (Å²) in [6.07, 6.45) is 1.58. The average Bonchev–Trinajstić information content (AvgIpc) is 2.14. The van der Waals surface area contributed by atoms with E-state index in [9.17, 15) is 4.79 Å². The Hall–Kier alpha value is -0.840. The van der Waals surface area contributed by atoms with Crippen molar-refractivity contribution in [3.05, 3.63) is 18.0 Å². The van der Waals surface area contributed by atoms with Gasteiger partial charge in [-0.15, -0.1) is 0 Å². The molecule has 0 saturated carbocycles. The topological polar surface area (TPSA) is 60.9 Å². The number of primary amides is 1. The predicted octanol–water partition coefficient (Wildman–Crippen LogP) is 0.140. The van der Waals surface area contributed by atoms with Crippen molar-refractivity contribution in [2.45, 2.75) is 0 Å². The second-order valence-corrected chi connectivity index (χ2v) is 2.18. The van der Waals surface area contributed by atoms with Crippen molar-refractivity contribution in [3.63, 3.8) is 0 Å². The van der Waals surface area contributed by atoms with Gasteiger partial charge in [0.15, 0.2) is 5.69 Å². The molecule has 48 valence electrons. The largest absolute Gasteiger partial charge is 0.364 e. The number of carbonyl (C=O) groups is 1. The van der Waals surface area contributed by atoms with E-state index in [0.29, 0.717) is 0 Å². The van der Waals surface area contributed by atoms with Gasteiger partial charge in [0.1, 0.15) is 0 Å². The number of carbonyl (C=O) groups excluding carboxylic acids is 1. The molecular formula is C4H4BrN3O. The maximum Gasteiger partial charge on any atom is 0.269 e. The second kappa shape index (κ2) is 2.18. The molecule has 1 aromatic heterocycles. The number of hydrogen-bond acceptors (Lipinski definition) is 2. The summed E-state index contributed by atoms with van der Waals surface area (Å²) in [4.78, 5) is 10.3. The fourth-order valence-electron chi connectivity index (χ4n) is 0.433. The van der Waals surface area contributed by atoms with Crippen molar-refractivity contribution in [2.75, 3.05) is 0 Å². The molecule has 0 aliphatic rings. The lowest BCUT2D eigenvalue weighted by Gasteiger charge is -1.81. The molecule has 1 heterocycles. The van der Waals surface area contributed by atoms with E-state index in [-0.39, 0.29) is 5.69 Å². The van der Waals surface area contributed by atoms with Gasteiger partial charge in [0.2, 0.25) is 0 Å². The van der Waals surface area contributed by atoms with Gasteiger partial charge >= 0.3 is 0 Å². The molecule has 0 fully saturated rings. The molecule has 0 bridgehead atoms. The molecule has 0 aromatic carbocycles. The van der Waals surface area contributed by atoms with Crippen LogP contribution in [0.15, 0.2) is 12.3 Å². The molecule has 0 aliphatic heterocycles. The van der Waals surface area contributed by atoms with Crippen LogP contribution < -0.4 is 5.73 Å². The van der Waals surface area contributed by atoms with Gasteiger partial charge in [0, 0.05) is 6.20 Å². The highest BCUT2D eigenvalue weighted by molar-refractivity contribution is 9.08. The first-order valence-corrected chi connectivity index (χ1v) is 2.92. The zero-order valence-corrected chi connectivity index (χ0v) is 6.00. The Morgan fingerprint density at radius 3 is 2.78 bits per heavy atom. The number of nitrogens with zero attached hydrogens (tertiary/aromatic N) is 2. The first kappa shape index (κ1) is 6.28. The van der Waals surface area contributed by atoms with Gasteiger partial charge < -0.3 is 5.73 Å². The zero-order chi connectivity index (χ0) is 6.85. The van der Waals surface area contributed by atoms with Crippen molar-refractivity contribution in [3.8, 4) is 0 Å². The zero-order valence-electron chi connectivity index (χ0n) is 4.41. The lowest BCUT2D eigenvalue weighted by molar-refractivity contribution is 0.0995. The summed E-state index contributed by atoms with van der Waals surface area (Å²) in [5.41, 5.74) is 5.15. The number of nitrogens with two attached hydrogens (primary N) is 1. The van der Waals surface area contributed by atoms with E-state index in [1.54, 1.807) is 6.20 Å². The number of halogens is 1. The summed E-state index contributed by atoms with van der Waals surface area (Å²) in [7, 11) is 0. The fourth-order valence-corrected chi connectivity index (χ4v) is 0.722. The van der Waals surface area contributed by atoms with Gasteiger partial charge in [-0.25, -0.2) is 3.71 Å². The molecule has 0 unspecified atom stereocenters. The summed E-state index contributed by atoms with van der Waals surface area (Å²) < 4.78 is 1.34. The van der Waals surface area contributed by atoms with Crippen LogP contribution in [-0.2, 0) is 0 Å². The van der Waals surface area contributed by atoms with Crippen molar-refractivity contribution in [1.29, 1.82) is 0 Å². The Morgan fingerprint density at radius 1 is 1.89 bits per heavy atom. The Kier molecular flexibility index (Phi) is 1.52. The SMILES string of the molecule is NC(=O)c1ccn(Br)n1. The highest BCUT2D eigenvalue weighted by Crippen LogP contribution is 1.95. The first-order valence-electron chi connectivity index (χ1n) is 2.22. The molecule has 0 spiro atoms. The van der Waals surface area contributed by atoms with Gasteiger partial charge in [0.05, 0.1) is 16.1 Å². The molecule has 1 rings (SSSR count). The van der Waals surface area contributed by atoms with E-state index < -0.39 is 5.91 Å². The first-order chi connectivity index (χ1) is 4.20. The maximum absolute atomic E-state index is 10.3. The molecule has 5 heteroatoms. The third-order valence-electron chi connectivity index (χ3n) is 0.811. The van der Waals surface area contributed by atoms with E-state index in [0.717, 1.165) is 0 Å². The van der Waals surface area contributed by atoms with Crippen LogP contribution in [0.25, 0.3) is 0 Å². The summed E-state index contributed by atoms with van der Waals surface area (Å²) in [6.45, 7) is 0. The van der Waals surface area contributed by atoms with E-state index in [2.05, 4.69) is 21.2 Å². The molecule has 2 N–H and O–H groups in total. The van der Waals surface area contributed by atoms with Crippen LogP contribution >= 0.6 is 16.1 Å². The molecule has 0 radical (unpaired) electrons. The normalized spacial score (nSPS) is 9.44. The average molecular weight is 190 g/mol. The molecule has 9 heavy (non-hydrogen) atoms. The van der Waals surface area contributed by atoms with Gasteiger partial charge in [-0.3, -0.25) is 4.79 Å². The number of amides is 1. The molecule has 4 nitrogen and oxygen atoms in total. The summed E-state index contributed by atoms with van der Waals surface area (Å²) in [5, 5.41) is 3.67. The third kappa shape index (κ3) is 1.29. The summed E-state index contributed by atoms with van der Waals surface area (Å²) in [5.74, 6) is -0.520. The standard InChI is InChI=1S/C4H4BrN3O/c5-8-2-1-3(7-8)4(6)9/h1-2H,(H2,6,9). The Labute approximate surface area is 60.0 Å². The Bertz CT molecular complexity index is 231. The second-order valence-electron chi connectivity index (χ2n) is 1.45. The third-order valence-corrected chi connectivity index (χ3v) is 1.21. The van der Waals surface area contributed by atoms with Gasteiger partial charge in [-0.2, -0.15) is 5.10 Å². The molecule has 0 saturated heterocycles. The summed E-state index contributed by atoms with van der Waals surface area (Å²) >= 11 is 3.00. The summed E-state index contributed by atoms with van der Waals surface area (Å²) in [6, 6.07) is 1.52. The number of rotatable bonds is 1.